The fourth-order valence-corrected chi connectivity index (χ4v) is 1.56. The van der Waals surface area contributed by atoms with Crippen molar-refractivity contribution in [2.45, 2.75) is 33.1 Å². The van der Waals surface area contributed by atoms with E-state index in [2.05, 4.69) is 46.4 Å². The third kappa shape index (κ3) is 4.33. The minimum atomic E-state index is -0.114. The number of likely N-dealkylation sites (N-methyl/N-ethyl adjacent to an activating group) is 1. The number of hydrogen-bond donors (Lipinski definition) is 3. The molecule has 0 bridgehead atoms. The van der Waals surface area contributed by atoms with E-state index in [0.717, 1.165) is 30.3 Å². The Balaban J connectivity index is 3.01. The van der Waals surface area contributed by atoms with Crippen molar-refractivity contribution in [3.8, 4) is 0 Å². The fourth-order valence-electron chi connectivity index (χ4n) is 1.56. The topological polar surface area (TPSA) is 79.1 Å². The third-order valence-electron chi connectivity index (χ3n) is 2.80. The minimum absolute atomic E-state index is 0.114. The molecule has 1 aromatic heterocycles. The lowest BCUT2D eigenvalue weighted by Crippen LogP contribution is -2.24. The molecule has 0 aromatic carbocycles. The SMILES string of the molecule is Cc1c(NN)nc(C(C)(C)C)nc1NCCN(C)C. The van der Waals surface area contributed by atoms with Gasteiger partial charge in [0, 0.05) is 24.1 Å². The Morgan fingerprint density at radius 3 is 2.21 bits per heavy atom. The molecule has 108 valence electrons. The summed E-state index contributed by atoms with van der Waals surface area (Å²) >= 11 is 0. The van der Waals surface area contributed by atoms with Crippen LogP contribution in [0.15, 0.2) is 0 Å². The van der Waals surface area contributed by atoms with E-state index in [0.29, 0.717) is 5.82 Å². The molecule has 0 amide bonds. The van der Waals surface area contributed by atoms with Gasteiger partial charge in [0.1, 0.15) is 17.5 Å². The van der Waals surface area contributed by atoms with Crippen molar-refractivity contribution in [1.29, 1.82) is 0 Å². The Morgan fingerprint density at radius 2 is 1.74 bits per heavy atom. The summed E-state index contributed by atoms with van der Waals surface area (Å²) < 4.78 is 0. The first-order chi connectivity index (χ1) is 8.75. The summed E-state index contributed by atoms with van der Waals surface area (Å²) in [6.07, 6.45) is 0. The second kappa shape index (κ2) is 6.16. The molecule has 6 heteroatoms. The highest BCUT2D eigenvalue weighted by molar-refractivity contribution is 5.57. The van der Waals surface area contributed by atoms with E-state index in [1.54, 1.807) is 0 Å². The number of nitrogen functional groups attached to an aromatic ring is 1. The summed E-state index contributed by atoms with van der Waals surface area (Å²) in [5, 5.41) is 3.34. The van der Waals surface area contributed by atoms with Gasteiger partial charge in [0.15, 0.2) is 0 Å². The lowest BCUT2D eigenvalue weighted by atomic mass is 9.95. The van der Waals surface area contributed by atoms with E-state index in [-0.39, 0.29) is 5.41 Å². The molecule has 0 atom stereocenters. The molecular weight excluding hydrogens is 240 g/mol. The van der Waals surface area contributed by atoms with Gasteiger partial charge in [-0.1, -0.05) is 20.8 Å². The number of nitrogens with zero attached hydrogens (tertiary/aromatic N) is 3. The Morgan fingerprint density at radius 1 is 1.16 bits per heavy atom. The van der Waals surface area contributed by atoms with Crippen LogP contribution in [-0.4, -0.2) is 42.1 Å². The number of anilines is 2. The first-order valence-corrected chi connectivity index (χ1v) is 6.50. The van der Waals surface area contributed by atoms with Crippen molar-refractivity contribution in [2.24, 2.45) is 5.84 Å². The van der Waals surface area contributed by atoms with Crippen LogP contribution in [0.2, 0.25) is 0 Å². The van der Waals surface area contributed by atoms with Gasteiger partial charge in [-0.05, 0) is 21.0 Å². The predicted octanol–water partition coefficient (Wildman–Crippen LogP) is 1.34. The van der Waals surface area contributed by atoms with Gasteiger partial charge in [-0.15, -0.1) is 0 Å². The lowest BCUT2D eigenvalue weighted by molar-refractivity contribution is 0.425. The number of rotatable bonds is 5. The van der Waals surface area contributed by atoms with Crippen LogP contribution < -0.4 is 16.6 Å². The molecule has 0 aliphatic heterocycles. The maximum absolute atomic E-state index is 5.53. The Labute approximate surface area is 115 Å². The van der Waals surface area contributed by atoms with Gasteiger partial charge in [0.05, 0.1) is 0 Å². The van der Waals surface area contributed by atoms with Crippen molar-refractivity contribution in [3.05, 3.63) is 11.4 Å². The maximum Gasteiger partial charge on any atom is 0.148 e. The summed E-state index contributed by atoms with van der Waals surface area (Å²) in [5.41, 5.74) is 3.47. The van der Waals surface area contributed by atoms with Gasteiger partial charge in [-0.25, -0.2) is 15.8 Å². The van der Waals surface area contributed by atoms with Gasteiger partial charge in [-0.3, -0.25) is 0 Å². The van der Waals surface area contributed by atoms with E-state index in [1.165, 1.54) is 0 Å². The predicted molar refractivity (Wildman–Crippen MR) is 80.3 cm³/mol. The average Bonchev–Trinajstić information content (AvgIpc) is 2.29. The molecule has 0 saturated carbocycles. The number of hydrazine groups is 1. The average molecular weight is 266 g/mol. The van der Waals surface area contributed by atoms with Crippen molar-refractivity contribution in [3.63, 3.8) is 0 Å². The fraction of sp³-hybridized carbons (Fsp3) is 0.692. The molecule has 1 rings (SSSR count). The lowest BCUT2D eigenvalue weighted by Gasteiger charge is -2.21. The molecule has 0 radical (unpaired) electrons. The molecular formula is C13H26N6. The van der Waals surface area contributed by atoms with Crippen LogP contribution in [0.1, 0.15) is 32.2 Å². The van der Waals surface area contributed by atoms with Gasteiger partial charge in [-0.2, -0.15) is 0 Å². The van der Waals surface area contributed by atoms with E-state index in [4.69, 9.17) is 5.84 Å². The zero-order valence-electron chi connectivity index (χ0n) is 12.8. The van der Waals surface area contributed by atoms with Gasteiger partial charge < -0.3 is 15.6 Å². The minimum Gasteiger partial charge on any atom is -0.368 e. The van der Waals surface area contributed by atoms with E-state index < -0.39 is 0 Å². The molecule has 0 aliphatic carbocycles. The summed E-state index contributed by atoms with van der Waals surface area (Å²) in [6.45, 7) is 9.99. The van der Waals surface area contributed by atoms with Crippen LogP contribution in [0.4, 0.5) is 11.6 Å². The monoisotopic (exact) mass is 266 g/mol. The van der Waals surface area contributed by atoms with Crippen LogP contribution in [0, 0.1) is 6.92 Å². The Hall–Kier alpha value is -1.40. The molecule has 1 aromatic rings. The second-order valence-corrected chi connectivity index (χ2v) is 5.99. The standard InChI is InChI=1S/C13H26N6/c1-9-10(15-7-8-19(5)6)16-12(13(2,3)4)17-11(9)18-14/h7-8,14H2,1-6H3,(H2,15,16,17,18). The smallest absolute Gasteiger partial charge is 0.148 e. The van der Waals surface area contributed by atoms with E-state index >= 15 is 0 Å². The molecule has 0 saturated heterocycles. The molecule has 6 nitrogen and oxygen atoms in total. The first-order valence-electron chi connectivity index (χ1n) is 6.50. The Kier molecular flexibility index (Phi) is 5.08. The molecule has 0 unspecified atom stereocenters. The number of aromatic nitrogens is 2. The van der Waals surface area contributed by atoms with E-state index in [9.17, 15) is 0 Å². The zero-order chi connectivity index (χ0) is 14.6. The highest BCUT2D eigenvalue weighted by Crippen LogP contribution is 2.25. The highest BCUT2D eigenvalue weighted by atomic mass is 15.3. The Bertz CT molecular complexity index is 422. The second-order valence-electron chi connectivity index (χ2n) is 5.99. The number of nitrogens with one attached hydrogen (secondary N) is 2. The first kappa shape index (κ1) is 15.7. The molecule has 0 fully saturated rings. The van der Waals surface area contributed by atoms with Crippen LogP contribution in [0.5, 0.6) is 0 Å². The summed E-state index contributed by atoms with van der Waals surface area (Å²) in [5.74, 6) is 7.82. The van der Waals surface area contributed by atoms with Crippen molar-refractivity contribution in [1.82, 2.24) is 14.9 Å². The maximum atomic E-state index is 5.53. The van der Waals surface area contributed by atoms with Crippen molar-refractivity contribution < 1.29 is 0 Å². The van der Waals surface area contributed by atoms with Crippen LogP contribution in [-0.2, 0) is 5.41 Å². The van der Waals surface area contributed by atoms with Crippen LogP contribution >= 0.6 is 0 Å². The number of nitrogens with two attached hydrogens (primary N) is 1. The van der Waals surface area contributed by atoms with Crippen LogP contribution in [0.25, 0.3) is 0 Å². The largest absolute Gasteiger partial charge is 0.368 e. The van der Waals surface area contributed by atoms with Crippen molar-refractivity contribution in [2.75, 3.05) is 37.9 Å². The third-order valence-corrected chi connectivity index (χ3v) is 2.80. The van der Waals surface area contributed by atoms with Crippen molar-refractivity contribution >= 4 is 11.6 Å². The molecule has 1 heterocycles. The van der Waals surface area contributed by atoms with Gasteiger partial charge in [0.25, 0.3) is 0 Å². The zero-order valence-corrected chi connectivity index (χ0v) is 12.8. The molecule has 19 heavy (non-hydrogen) atoms. The summed E-state index contributed by atoms with van der Waals surface area (Å²) in [6, 6.07) is 0. The normalized spacial score (nSPS) is 11.8. The van der Waals surface area contributed by atoms with Gasteiger partial charge in [0.2, 0.25) is 0 Å². The van der Waals surface area contributed by atoms with Gasteiger partial charge >= 0.3 is 0 Å². The highest BCUT2D eigenvalue weighted by Gasteiger charge is 2.20. The molecule has 0 spiro atoms. The molecule has 4 N–H and O–H groups in total. The van der Waals surface area contributed by atoms with E-state index in [1.807, 2.05) is 21.0 Å². The summed E-state index contributed by atoms with van der Waals surface area (Å²) in [4.78, 5) is 11.2. The summed E-state index contributed by atoms with van der Waals surface area (Å²) in [7, 11) is 4.09. The van der Waals surface area contributed by atoms with Crippen LogP contribution in [0.3, 0.4) is 0 Å². The quantitative estimate of drug-likeness (QED) is 0.551. The number of hydrogen-bond acceptors (Lipinski definition) is 6. The molecule has 0 aliphatic rings.